The molecule has 0 atom stereocenters. The molecule has 0 saturated heterocycles. The fourth-order valence-electron chi connectivity index (χ4n) is 0.729. The fraction of sp³-hybridized carbons (Fsp3) is 0.200. The van der Waals surface area contributed by atoms with Gasteiger partial charge in [-0.2, -0.15) is 0 Å². The second-order valence-corrected chi connectivity index (χ2v) is 1.71. The molecular weight excluding hydrogens is 118 g/mol. The number of fused-ring (bicyclic) bond motifs is 1. The molecule has 1 aliphatic heterocycles. The molecule has 46 valence electrons. The molecule has 4 nitrogen and oxygen atoms in total. The van der Waals surface area contributed by atoms with Crippen molar-refractivity contribution in [1.82, 2.24) is 4.98 Å². The number of nitrogens with zero attached hydrogens (tertiary/aromatic N) is 2. The minimum Gasteiger partial charge on any atom is -0.427 e. The summed E-state index contributed by atoms with van der Waals surface area (Å²) in [4.78, 5) is 7.81. The highest BCUT2D eigenvalue weighted by Gasteiger charge is 2.06. The molecule has 0 radical (unpaired) electrons. The lowest BCUT2D eigenvalue weighted by atomic mass is 10.4. The van der Waals surface area contributed by atoms with E-state index in [-0.39, 0.29) is 0 Å². The molecule has 0 bridgehead atoms. The Labute approximate surface area is 51.6 Å². The van der Waals surface area contributed by atoms with E-state index < -0.39 is 0 Å². The molecule has 1 N–H and O–H groups in total. The van der Waals surface area contributed by atoms with Gasteiger partial charge in [0.05, 0.1) is 6.21 Å². The summed E-state index contributed by atoms with van der Waals surface area (Å²) in [5, 5.41) is 2.92. The Hall–Kier alpha value is -1.32. The van der Waals surface area contributed by atoms with Crippen molar-refractivity contribution < 1.29 is 4.42 Å². The van der Waals surface area contributed by atoms with Crippen molar-refractivity contribution in [2.45, 2.75) is 0 Å². The van der Waals surface area contributed by atoms with E-state index in [9.17, 15) is 0 Å². The zero-order valence-electron chi connectivity index (χ0n) is 4.66. The van der Waals surface area contributed by atoms with E-state index in [0.29, 0.717) is 12.6 Å². The molecule has 0 aromatic carbocycles. The van der Waals surface area contributed by atoms with Crippen molar-refractivity contribution in [1.29, 1.82) is 0 Å². The monoisotopic (exact) mass is 123 g/mol. The van der Waals surface area contributed by atoms with Crippen LogP contribution < -0.4 is 5.32 Å². The second-order valence-electron chi connectivity index (χ2n) is 1.71. The van der Waals surface area contributed by atoms with Gasteiger partial charge in [-0.05, 0) is 0 Å². The molecular formula is C5H5N3O. The lowest BCUT2D eigenvalue weighted by molar-refractivity contribution is 0.569. The van der Waals surface area contributed by atoms with Gasteiger partial charge in [0.1, 0.15) is 12.4 Å². The van der Waals surface area contributed by atoms with Crippen LogP contribution in [0.1, 0.15) is 5.69 Å². The first-order valence-corrected chi connectivity index (χ1v) is 2.64. The molecule has 0 saturated carbocycles. The topological polar surface area (TPSA) is 50.4 Å². The summed E-state index contributed by atoms with van der Waals surface area (Å²) < 4.78 is 4.94. The number of aliphatic imine (C=N–C) groups is 1. The Bertz CT molecular complexity index is 240. The third kappa shape index (κ3) is 0.595. The zero-order valence-corrected chi connectivity index (χ0v) is 4.66. The molecule has 9 heavy (non-hydrogen) atoms. The highest BCUT2D eigenvalue weighted by atomic mass is 16.4. The van der Waals surface area contributed by atoms with Gasteiger partial charge >= 0.3 is 0 Å². The molecule has 0 fully saturated rings. The third-order valence-electron chi connectivity index (χ3n) is 1.14. The van der Waals surface area contributed by atoms with Crippen LogP contribution in [0.3, 0.4) is 0 Å². The van der Waals surface area contributed by atoms with E-state index in [1.54, 1.807) is 6.21 Å². The van der Waals surface area contributed by atoms with E-state index >= 15 is 0 Å². The smallest absolute Gasteiger partial charge is 0.223 e. The predicted octanol–water partition coefficient (Wildman–Crippen LogP) is 0.476. The summed E-state index contributed by atoms with van der Waals surface area (Å²) in [5.41, 5.74) is 0.779. The maximum atomic E-state index is 4.94. The van der Waals surface area contributed by atoms with Crippen molar-refractivity contribution in [2.75, 3.05) is 12.0 Å². The number of aromatic nitrogens is 1. The molecule has 0 aliphatic carbocycles. The van der Waals surface area contributed by atoms with Crippen molar-refractivity contribution in [3.63, 3.8) is 0 Å². The Balaban J connectivity index is 2.53. The van der Waals surface area contributed by atoms with Crippen LogP contribution in [0.15, 0.2) is 15.8 Å². The highest BCUT2D eigenvalue weighted by Crippen LogP contribution is 2.12. The summed E-state index contributed by atoms with van der Waals surface area (Å²) in [6.45, 7) is 0.586. The number of anilines is 1. The van der Waals surface area contributed by atoms with Crippen LogP contribution in [-0.2, 0) is 0 Å². The van der Waals surface area contributed by atoms with E-state index in [2.05, 4.69) is 15.3 Å². The van der Waals surface area contributed by atoms with Crippen LogP contribution in [0.2, 0.25) is 0 Å². The molecule has 0 unspecified atom stereocenters. The minimum atomic E-state index is 0.586. The normalized spacial score (nSPS) is 14.7. The predicted molar refractivity (Wildman–Crippen MR) is 32.6 cm³/mol. The van der Waals surface area contributed by atoms with Crippen molar-refractivity contribution in [2.24, 2.45) is 4.99 Å². The lowest BCUT2D eigenvalue weighted by Gasteiger charge is -2.01. The summed E-state index contributed by atoms with van der Waals surface area (Å²) in [5.74, 6) is 0.713. The Morgan fingerprint density at radius 3 is 3.56 bits per heavy atom. The first-order chi connectivity index (χ1) is 4.47. The first-order valence-electron chi connectivity index (χ1n) is 2.64. The highest BCUT2D eigenvalue weighted by molar-refractivity contribution is 5.84. The number of hydrogen-bond acceptors (Lipinski definition) is 4. The number of hydrogen-bond donors (Lipinski definition) is 1. The van der Waals surface area contributed by atoms with Gasteiger partial charge < -0.3 is 9.73 Å². The van der Waals surface area contributed by atoms with Gasteiger partial charge in [0.2, 0.25) is 5.88 Å². The molecule has 0 spiro atoms. The summed E-state index contributed by atoms with van der Waals surface area (Å²) in [7, 11) is 0. The number of oxazole rings is 1. The van der Waals surface area contributed by atoms with Crippen LogP contribution >= 0.6 is 0 Å². The number of nitrogens with one attached hydrogen (secondary N) is 1. The summed E-state index contributed by atoms with van der Waals surface area (Å²) in [6, 6.07) is 0. The molecule has 4 heteroatoms. The van der Waals surface area contributed by atoms with Gasteiger partial charge in [-0.1, -0.05) is 0 Å². The van der Waals surface area contributed by atoms with Crippen LogP contribution in [0.5, 0.6) is 0 Å². The Kier molecular flexibility index (Phi) is 0.798. The van der Waals surface area contributed by atoms with Gasteiger partial charge in [-0.3, -0.25) is 4.99 Å². The SMILES string of the molecule is C1=NCNc2ocnc21. The zero-order chi connectivity index (χ0) is 6.10. The molecule has 1 aromatic rings. The quantitative estimate of drug-likeness (QED) is 0.545. The average molecular weight is 123 g/mol. The van der Waals surface area contributed by atoms with E-state index in [1.807, 2.05) is 0 Å². The van der Waals surface area contributed by atoms with Gasteiger partial charge in [0.15, 0.2) is 6.39 Å². The molecule has 0 amide bonds. The lowest BCUT2D eigenvalue weighted by Crippen LogP contribution is -2.05. The maximum absolute atomic E-state index is 4.94. The average Bonchev–Trinajstić information content (AvgIpc) is 2.33. The van der Waals surface area contributed by atoms with Gasteiger partial charge in [0, 0.05) is 0 Å². The largest absolute Gasteiger partial charge is 0.427 e. The van der Waals surface area contributed by atoms with E-state index in [1.165, 1.54) is 6.39 Å². The summed E-state index contributed by atoms with van der Waals surface area (Å²) in [6.07, 6.45) is 3.09. The molecule has 1 aliphatic rings. The van der Waals surface area contributed by atoms with Crippen LogP contribution in [0.4, 0.5) is 5.88 Å². The second kappa shape index (κ2) is 1.58. The van der Waals surface area contributed by atoms with E-state index in [4.69, 9.17) is 4.42 Å². The molecule has 2 heterocycles. The maximum Gasteiger partial charge on any atom is 0.223 e. The van der Waals surface area contributed by atoms with E-state index in [0.717, 1.165) is 5.69 Å². The third-order valence-corrected chi connectivity index (χ3v) is 1.14. The van der Waals surface area contributed by atoms with Crippen LogP contribution in [0, 0.1) is 0 Å². The fourth-order valence-corrected chi connectivity index (χ4v) is 0.729. The standard InChI is InChI=1S/C5H5N3O/c1-4-5(7-2-6-1)9-3-8-4/h1,3,7H,2H2. The van der Waals surface area contributed by atoms with Crippen molar-refractivity contribution in [3.05, 3.63) is 12.1 Å². The Morgan fingerprint density at radius 1 is 1.67 bits per heavy atom. The minimum absolute atomic E-state index is 0.586. The summed E-state index contributed by atoms with van der Waals surface area (Å²) >= 11 is 0. The van der Waals surface area contributed by atoms with Crippen LogP contribution in [0.25, 0.3) is 0 Å². The molecule has 2 rings (SSSR count). The van der Waals surface area contributed by atoms with Gasteiger partial charge in [0.25, 0.3) is 0 Å². The van der Waals surface area contributed by atoms with Crippen LogP contribution in [-0.4, -0.2) is 17.9 Å². The number of rotatable bonds is 0. The van der Waals surface area contributed by atoms with Crippen molar-refractivity contribution in [3.8, 4) is 0 Å². The van der Waals surface area contributed by atoms with Gasteiger partial charge in [-0.25, -0.2) is 4.98 Å². The first kappa shape index (κ1) is 4.55. The van der Waals surface area contributed by atoms with Crippen molar-refractivity contribution >= 4 is 12.1 Å². The Morgan fingerprint density at radius 2 is 2.67 bits per heavy atom. The molecule has 1 aromatic heterocycles. The van der Waals surface area contributed by atoms with Gasteiger partial charge in [-0.15, -0.1) is 0 Å².